The molecule has 132 valence electrons. The summed E-state index contributed by atoms with van der Waals surface area (Å²) in [6.07, 6.45) is 0.414. The van der Waals surface area contributed by atoms with Gasteiger partial charge in [-0.15, -0.1) is 11.8 Å². The fraction of sp³-hybridized carbons (Fsp3) is 0.350. The first-order valence-electron chi connectivity index (χ1n) is 8.59. The SMILES string of the molecule is NC[C@@H]1CN(C(=O)CCSc2ccccc2F)C[C@H]1c1ccccc1. The van der Waals surface area contributed by atoms with Crippen molar-refractivity contribution in [2.24, 2.45) is 11.7 Å². The van der Waals surface area contributed by atoms with Crippen LogP contribution in [0.25, 0.3) is 0 Å². The summed E-state index contributed by atoms with van der Waals surface area (Å²) in [5.41, 5.74) is 7.18. The molecule has 1 aliphatic rings. The molecule has 1 aliphatic heterocycles. The van der Waals surface area contributed by atoms with Gasteiger partial charge in [0.2, 0.25) is 5.91 Å². The van der Waals surface area contributed by atoms with E-state index in [2.05, 4.69) is 12.1 Å². The fourth-order valence-electron chi connectivity index (χ4n) is 3.36. The van der Waals surface area contributed by atoms with Crippen molar-refractivity contribution in [1.29, 1.82) is 0 Å². The van der Waals surface area contributed by atoms with Crippen LogP contribution in [0.3, 0.4) is 0 Å². The van der Waals surface area contributed by atoms with Gasteiger partial charge in [0.1, 0.15) is 5.82 Å². The summed E-state index contributed by atoms with van der Waals surface area (Å²) in [5, 5.41) is 0. The van der Waals surface area contributed by atoms with Crippen LogP contribution in [0.5, 0.6) is 0 Å². The summed E-state index contributed by atoms with van der Waals surface area (Å²) in [5.74, 6) is 1.08. The average Bonchev–Trinajstić information content (AvgIpc) is 3.08. The summed E-state index contributed by atoms with van der Waals surface area (Å²) >= 11 is 1.39. The van der Waals surface area contributed by atoms with Crippen LogP contribution in [0.4, 0.5) is 4.39 Å². The number of benzene rings is 2. The summed E-state index contributed by atoms with van der Waals surface area (Å²) in [6.45, 7) is 2.00. The Morgan fingerprint density at radius 2 is 1.84 bits per heavy atom. The standard InChI is InChI=1S/C20H23FN2OS/c21-18-8-4-5-9-19(18)25-11-10-20(24)23-13-16(12-22)17(14-23)15-6-2-1-3-7-15/h1-9,16-17H,10-14,22H2/t16-,17+/m1/s1. The molecular formula is C20H23FN2OS. The highest BCUT2D eigenvalue weighted by molar-refractivity contribution is 7.99. The van der Waals surface area contributed by atoms with Crippen LogP contribution in [0.2, 0.25) is 0 Å². The number of thioether (sulfide) groups is 1. The molecule has 5 heteroatoms. The van der Waals surface area contributed by atoms with Crippen LogP contribution >= 0.6 is 11.8 Å². The molecule has 0 unspecified atom stereocenters. The van der Waals surface area contributed by atoms with Gasteiger partial charge < -0.3 is 10.6 Å². The van der Waals surface area contributed by atoms with Gasteiger partial charge in [-0.05, 0) is 30.2 Å². The lowest BCUT2D eigenvalue weighted by molar-refractivity contribution is -0.129. The maximum absolute atomic E-state index is 13.6. The highest BCUT2D eigenvalue weighted by Gasteiger charge is 2.34. The number of nitrogens with zero attached hydrogens (tertiary/aromatic N) is 1. The number of amides is 1. The Labute approximate surface area is 152 Å². The third kappa shape index (κ3) is 4.41. The molecule has 0 aliphatic carbocycles. The molecule has 2 aromatic rings. The van der Waals surface area contributed by atoms with Crippen molar-refractivity contribution in [1.82, 2.24) is 4.90 Å². The minimum Gasteiger partial charge on any atom is -0.342 e. The number of rotatable bonds is 6. The van der Waals surface area contributed by atoms with Gasteiger partial charge in [0.15, 0.2) is 0 Å². The second-order valence-corrected chi connectivity index (χ2v) is 7.48. The largest absolute Gasteiger partial charge is 0.342 e. The van der Waals surface area contributed by atoms with Crippen LogP contribution in [-0.2, 0) is 4.79 Å². The van der Waals surface area contributed by atoms with E-state index in [9.17, 15) is 9.18 Å². The monoisotopic (exact) mass is 358 g/mol. The van der Waals surface area contributed by atoms with Gasteiger partial charge in [-0.3, -0.25) is 4.79 Å². The first-order valence-corrected chi connectivity index (χ1v) is 9.57. The van der Waals surface area contributed by atoms with E-state index in [4.69, 9.17) is 5.73 Å². The number of likely N-dealkylation sites (tertiary alicyclic amines) is 1. The van der Waals surface area contributed by atoms with Crippen LogP contribution in [0, 0.1) is 11.7 Å². The smallest absolute Gasteiger partial charge is 0.223 e. The van der Waals surface area contributed by atoms with Gasteiger partial charge in [0.05, 0.1) is 0 Å². The Bertz CT molecular complexity index is 710. The van der Waals surface area contributed by atoms with Crippen molar-refractivity contribution >= 4 is 17.7 Å². The second-order valence-electron chi connectivity index (χ2n) is 6.34. The number of halogens is 1. The van der Waals surface area contributed by atoms with Gasteiger partial charge in [0, 0.05) is 36.1 Å². The van der Waals surface area contributed by atoms with Gasteiger partial charge in [-0.25, -0.2) is 4.39 Å². The van der Waals surface area contributed by atoms with Gasteiger partial charge >= 0.3 is 0 Å². The van der Waals surface area contributed by atoms with Crippen LogP contribution < -0.4 is 5.73 Å². The highest BCUT2D eigenvalue weighted by Crippen LogP contribution is 2.32. The lowest BCUT2D eigenvalue weighted by atomic mass is 9.89. The molecule has 2 atom stereocenters. The van der Waals surface area contributed by atoms with E-state index >= 15 is 0 Å². The first-order chi connectivity index (χ1) is 12.2. The Morgan fingerprint density at radius 3 is 2.56 bits per heavy atom. The summed E-state index contributed by atoms with van der Waals surface area (Å²) in [6, 6.07) is 16.9. The molecule has 3 nitrogen and oxygen atoms in total. The van der Waals surface area contributed by atoms with E-state index in [1.54, 1.807) is 12.1 Å². The van der Waals surface area contributed by atoms with Crippen molar-refractivity contribution in [2.75, 3.05) is 25.4 Å². The quantitative estimate of drug-likeness (QED) is 0.804. The fourth-order valence-corrected chi connectivity index (χ4v) is 4.24. The summed E-state index contributed by atoms with van der Waals surface area (Å²) in [7, 11) is 0. The number of carbonyl (C=O) groups excluding carboxylic acids is 1. The van der Waals surface area contributed by atoms with Gasteiger partial charge in [-0.2, -0.15) is 0 Å². The van der Waals surface area contributed by atoms with E-state index in [1.165, 1.54) is 23.4 Å². The number of nitrogens with two attached hydrogens (primary N) is 1. The molecule has 25 heavy (non-hydrogen) atoms. The minimum absolute atomic E-state index is 0.126. The van der Waals surface area contributed by atoms with E-state index in [0.29, 0.717) is 42.0 Å². The third-order valence-corrected chi connectivity index (χ3v) is 5.78. The predicted molar refractivity (Wildman–Crippen MR) is 100 cm³/mol. The van der Waals surface area contributed by atoms with Crippen LogP contribution in [0.1, 0.15) is 17.9 Å². The molecule has 0 radical (unpaired) electrons. The molecule has 0 spiro atoms. The average molecular weight is 358 g/mol. The molecular weight excluding hydrogens is 335 g/mol. The highest BCUT2D eigenvalue weighted by atomic mass is 32.2. The Balaban J connectivity index is 1.55. The van der Waals surface area contributed by atoms with Crippen molar-refractivity contribution in [2.45, 2.75) is 17.2 Å². The Hall–Kier alpha value is -1.85. The number of carbonyl (C=O) groups is 1. The summed E-state index contributed by atoms with van der Waals surface area (Å²) in [4.78, 5) is 15.0. The zero-order valence-corrected chi connectivity index (χ0v) is 14.9. The molecule has 1 saturated heterocycles. The third-order valence-electron chi connectivity index (χ3n) is 4.73. The molecule has 1 fully saturated rings. The molecule has 1 amide bonds. The summed E-state index contributed by atoms with van der Waals surface area (Å²) < 4.78 is 13.6. The van der Waals surface area contributed by atoms with Gasteiger partial charge in [0.25, 0.3) is 0 Å². The van der Waals surface area contributed by atoms with Crippen molar-refractivity contribution < 1.29 is 9.18 Å². The zero-order chi connectivity index (χ0) is 17.6. The van der Waals surface area contributed by atoms with E-state index in [1.807, 2.05) is 29.2 Å². The lowest BCUT2D eigenvalue weighted by Crippen LogP contribution is -2.30. The Morgan fingerprint density at radius 1 is 1.12 bits per heavy atom. The van der Waals surface area contributed by atoms with E-state index < -0.39 is 0 Å². The van der Waals surface area contributed by atoms with Gasteiger partial charge in [-0.1, -0.05) is 42.5 Å². The van der Waals surface area contributed by atoms with Crippen molar-refractivity contribution in [3.8, 4) is 0 Å². The van der Waals surface area contributed by atoms with E-state index in [-0.39, 0.29) is 11.7 Å². The second kappa shape index (κ2) is 8.50. The van der Waals surface area contributed by atoms with Crippen molar-refractivity contribution in [3.05, 3.63) is 66.0 Å². The molecule has 2 aromatic carbocycles. The van der Waals surface area contributed by atoms with Crippen LogP contribution in [-0.4, -0.2) is 36.2 Å². The number of hydrogen-bond acceptors (Lipinski definition) is 3. The molecule has 0 aromatic heterocycles. The normalized spacial score (nSPS) is 20.0. The zero-order valence-electron chi connectivity index (χ0n) is 14.1. The maximum Gasteiger partial charge on any atom is 0.223 e. The lowest BCUT2D eigenvalue weighted by Gasteiger charge is -2.17. The Kier molecular flexibility index (Phi) is 6.10. The molecule has 1 heterocycles. The minimum atomic E-state index is -0.228. The maximum atomic E-state index is 13.6. The number of hydrogen-bond donors (Lipinski definition) is 1. The van der Waals surface area contributed by atoms with Crippen LogP contribution in [0.15, 0.2) is 59.5 Å². The molecule has 2 N–H and O–H groups in total. The predicted octanol–water partition coefficient (Wildman–Crippen LogP) is 3.51. The molecule has 3 rings (SSSR count). The topological polar surface area (TPSA) is 46.3 Å². The van der Waals surface area contributed by atoms with Crippen molar-refractivity contribution in [3.63, 3.8) is 0 Å². The van der Waals surface area contributed by atoms with E-state index in [0.717, 1.165) is 6.54 Å². The molecule has 0 saturated carbocycles. The molecule has 0 bridgehead atoms. The first kappa shape index (κ1) is 18.0.